The lowest BCUT2D eigenvalue weighted by molar-refractivity contribution is 0.727. The summed E-state index contributed by atoms with van der Waals surface area (Å²) in [6, 6.07) is 9.81. The molecule has 0 radical (unpaired) electrons. The normalized spacial score (nSPS) is 12.2. The molecule has 2 rings (SSSR count). The van der Waals surface area contributed by atoms with Crippen molar-refractivity contribution in [3.05, 3.63) is 46.6 Å². The van der Waals surface area contributed by atoms with Crippen LogP contribution in [0.4, 0.5) is 11.8 Å². The summed E-state index contributed by atoms with van der Waals surface area (Å²) in [5, 5.41) is 0.751. The first-order chi connectivity index (χ1) is 8.99. The van der Waals surface area contributed by atoms with E-state index in [1.54, 1.807) is 0 Å². The second-order valence-corrected chi connectivity index (χ2v) is 4.94. The van der Waals surface area contributed by atoms with Crippen molar-refractivity contribution in [3.8, 4) is 0 Å². The van der Waals surface area contributed by atoms with Crippen molar-refractivity contribution in [2.45, 2.75) is 19.9 Å². The maximum Gasteiger partial charge on any atom is 0.222 e. The van der Waals surface area contributed by atoms with Crippen LogP contribution in [0.5, 0.6) is 0 Å². The number of halogens is 1. The second kappa shape index (κ2) is 5.45. The minimum Gasteiger partial charge on any atom is -0.368 e. The Hall–Kier alpha value is -1.81. The second-order valence-electron chi connectivity index (χ2n) is 4.53. The van der Waals surface area contributed by atoms with E-state index < -0.39 is 0 Å². The van der Waals surface area contributed by atoms with E-state index in [9.17, 15) is 0 Å². The largest absolute Gasteiger partial charge is 0.368 e. The van der Waals surface area contributed by atoms with Gasteiger partial charge < -0.3 is 10.6 Å². The zero-order valence-electron chi connectivity index (χ0n) is 11.3. The minimum absolute atomic E-state index is 0.0994. The molecule has 0 aliphatic carbocycles. The molecule has 0 saturated carbocycles. The standard InChI is InChI=1S/C14H17ClN4/c1-9-8-13(18-14(16)17-9)19(3)10(2)11-6-4-5-7-12(11)15/h4-8,10H,1-3H3,(H2,16,17,18). The number of hydrogen-bond donors (Lipinski definition) is 1. The van der Waals surface area contributed by atoms with E-state index in [0.29, 0.717) is 0 Å². The van der Waals surface area contributed by atoms with Gasteiger partial charge in [-0.2, -0.15) is 4.98 Å². The van der Waals surface area contributed by atoms with E-state index in [0.717, 1.165) is 22.1 Å². The van der Waals surface area contributed by atoms with E-state index in [2.05, 4.69) is 16.9 Å². The summed E-state index contributed by atoms with van der Waals surface area (Å²) in [5.41, 5.74) is 7.60. The number of anilines is 2. The van der Waals surface area contributed by atoms with Crippen molar-refractivity contribution < 1.29 is 0 Å². The first-order valence-electron chi connectivity index (χ1n) is 6.07. The molecule has 0 aliphatic heterocycles. The summed E-state index contributed by atoms with van der Waals surface area (Å²) >= 11 is 6.23. The fourth-order valence-electron chi connectivity index (χ4n) is 1.98. The lowest BCUT2D eigenvalue weighted by Crippen LogP contribution is -2.23. The van der Waals surface area contributed by atoms with Gasteiger partial charge in [0.25, 0.3) is 0 Å². The lowest BCUT2D eigenvalue weighted by atomic mass is 10.1. The predicted octanol–water partition coefficient (Wildman–Crippen LogP) is 3.22. The van der Waals surface area contributed by atoms with Crippen LogP contribution in [0.25, 0.3) is 0 Å². The van der Waals surface area contributed by atoms with Crippen LogP contribution < -0.4 is 10.6 Å². The van der Waals surface area contributed by atoms with E-state index in [1.807, 2.05) is 49.2 Å². The molecule has 0 fully saturated rings. The van der Waals surface area contributed by atoms with Crippen molar-refractivity contribution >= 4 is 23.4 Å². The Morgan fingerprint density at radius 1 is 1.26 bits per heavy atom. The molecule has 1 aromatic carbocycles. The number of aromatic nitrogens is 2. The Balaban J connectivity index is 2.33. The van der Waals surface area contributed by atoms with Crippen LogP contribution in [-0.2, 0) is 0 Å². The van der Waals surface area contributed by atoms with Crippen LogP contribution >= 0.6 is 11.6 Å². The molecule has 1 atom stereocenters. The number of nitrogen functional groups attached to an aromatic ring is 1. The average Bonchev–Trinajstić information content (AvgIpc) is 2.36. The van der Waals surface area contributed by atoms with Gasteiger partial charge >= 0.3 is 0 Å². The fourth-order valence-corrected chi connectivity index (χ4v) is 2.27. The van der Waals surface area contributed by atoms with Crippen molar-refractivity contribution in [1.82, 2.24) is 9.97 Å². The third-order valence-corrected chi connectivity index (χ3v) is 3.50. The molecule has 1 unspecified atom stereocenters. The van der Waals surface area contributed by atoms with Crippen molar-refractivity contribution in [1.29, 1.82) is 0 Å². The molecule has 1 heterocycles. The van der Waals surface area contributed by atoms with Crippen LogP contribution in [-0.4, -0.2) is 17.0 Å². The summed E-state index contributed by atoms with van der Waals surface area (Å²) in [6.45, 7) is 3.98. The number of hydrogen-bond acceptors (Lipinski definition) is 4. The molecule has 0 saturated heterocycles. The third-order valence-electron chi connectivity index (χ3n) is 3.16. The summed E-state index contributed by atoms with van der Waals surface area (Å²) in [7, 11) is 1.97. The fraction of sp³-hybridized carbons (Fsp3) is 0.286. The number of nitrogens with two attached hydrogens (primary N) is 1. The van der Waals surface area contributed by atoms with E-state index >= 15 is 0 Å². The minimum atomic E-state index is 0.0994. The highest BCUT2D eigenvalue weighted by Gasteiger charge is 2.16. The quantitative estimate of drug-likeness (QED) is 0.935. The van der Waals surface area contributed by atoms with Gasteiger partial charge in [-0.15, -0.1) is 0 Å². The van der Waals surface area contributed by atoms with Gasteiger partial charge in [-0.3, -0.25) is 0 Å². The summed E-state index contributed by atoms with van der Waals surface area (Å²) in [4.78, 5) is 10.4. The van der Waals surface area contributed by atoms with Crippen LogP contribution in [0.3, 0.4) is 0 Å². The van der Waals surface area contributed by atoms with Gasteiger partial charge in [0.15, 0.2) is 0 Å². The molecule has 0 amide bonds. The number of nitrogens with zero attached hydrogens (tertiary/aromatic N) is 3. The molecule has 0 aliphatic rings. The van der Waals surface area contributed by atoms with Gasteiger partial charge in [0.2, 0.25) is 5.95 Å². The van der Waals surface area contributed by atoms with E-state index in [-0.39, 0.29) is 12.0 Å². The van der Waals surface area contributed by atoms with Crippen LogP contribution in [0.1, 0.15) is 24.2 Å². The van der Waals surface area contributed by atoms with Crippen molar-refractivity contribution in [3.63, 3.8) is 0 Å². The zero-order chi connectivity index (χ0) is 14.0. The van der Waals surface area contributed by atoms with Gasteiger partial charge in [0.05, 0.1) is 6.04 Å². The molecule has 2 aromatic rings. The molecule has 0 spiro atoms. The van der Waals surface area contributed by atoms with Crippen LogP contribution in [0.2, 0.25) is 5.02 Å². The maximum atomic E-state index is 6.23. The average molecular weight is 277 g/mol. The van der Waals surface area contributed by atoms with Gasteiger partial charge in [0.1, 0.15) is 5.82 Å². The predicted molar refractivity (Wildman–Crippen MR) is 79.5 cm³/mol. The van der Waals surface area contributed by atoms with Crippen molar-refractivity contribution in [2.24, 2.45) is 0 Å². The third kappa shape index (κ3) is 2.96. The smallest absolute Gasteiger partial charge is 0.222 e. The summed E-state index contributed by atoms with van der Waals surface area (Å²) in [6.07, 6.45) is 0. The SMILES string of the molecule is Cc1cc(N(C)C(C)c2ccccc2Cl)nc(N)n1. The molecule has 0 bridgehead atoms. The van der Waals surface area contributed by atoms with Gasteiger partial charge in [-0.1, -0.05) is 29.8 Å². The Morgan fingerprint density at radius 3 is 2.58 bits per heavy atom. The molecule has 5 heteroatoms. The Bertz CT molecular complexity index is 565. The Kier molecular flexibility index (Phi) is 3.90. The topological polar surface area (TPSA) is 55.0 Å². The molecule has 4 nitrogen and oxygen atoms in total. The van der Waals surface area contributed by atoms with Gasteiger partial charge in [-0.05, 0) is 25.5 Å². The first kappa shape index (κ1) is 13.6. The Labute approximate surface area is 118 Å². The lowest BCUT2D eigenvalue weighted by Gasteiger charge is -2.27. The molecule has 100 valence electrons. The molecular formula is C14H17ClN4. The van der Waals surface area contributed by atoms with Crippen LogP contribution in [0.15, 0.2) is 30.3 Å². The van der Waals surface area contributed by atoms with Gasteiger partial charge in [-0.25, -0.2) is 4.98 Å². The number of rotatable bonds is 3. The number of aryl methyl sites for hydroxylation is 1. The highest BCUT2D eigenvalue weighted by Crippen LogP contribution is 2.29. The van der Waals surface area contributed by atoms with E-state index in [1.165, 1.54) is 0 Å². The summed E-state index contributed by atoms with van der Waals surface area (Å²) < 4.78 is 0. The highest BCUT2D eigenvalue weighted by molar-refractivity contribution is 6.31. The van der Waals surface area contributed by atoms with E-state index in [4.69, 9.17) is 17.3 Å². The zero-order valence-corrected chi connectivity index (χ0v) is 12.0. The molecule has 2 N–H and O–H groups in total. The van der Waals surface area contributed by atoms with Crippen molar-refractivity contribution in [2.75, 3.05) is 17.7 Å². The number of benzene rings is 1. The molecule has 1 aromatic heterocycles. The molecular weight excluding hydrogens is 260 g/mol. The van der Waals surface area contributed by atoms with Gasteiger partial charge in [0, 0.05) is 23.8 Å². The highest BCUT2D eigenvalue weighted by atomic mass is 35.5. The van der Waals surface area contributed by atoms with Crippen LogP contribution in [0, 0.1) is 6.92 Å². The summed E-state index contributed by atoms with van der Waals surface area (Å²) in [5.74, 6) is 1.07. The monoisotopic (exact) mass is 276 g/mol. The maximum absolute atomic E-state index is 6.23. The first-order valence-corrected chi connectivity index (χ1v) is 6.45. The molecule has 19 heavy (non-hydrogen) atoms. The Morgan fingerprint density at radius 2 is 1.95 bits per heavy atom.